The van der Waals surface area contributed by atoms with Gasteiger partial charge in [-0.05, 0) is 79.9 Å². The summed E-state index contributed by atoms with van der Waals surface area (Å²) >= 11 is 2.65. The number of rotatable bonds is 4. The van der Waals surface area contributed by atoms with E-state index in [4.69, 9.17) is 0 Å². The van der Waals surface area contributed by atoms with Gasteiger partial charge in [0.1, 0.15) is 0 Å². The van der Waals surface area contributed by atoms with Crippen molar-refractivity contribution in [3.8, 4) is 0 Å². The standard InChI is InChI=1S/C25H24N4O2S2/c1-14-9-10-20(11-17(14)4)29(18(5)30)25-26-19(13-32-25)12-21-23(31)28-24(33-21)27-22-15(2)7-6-8-16(22)3/h6-13H,1-5H3,(H,27,28,31)/b21-12-. The summed E-state index contributed by atoms with van der Waals surface area (Å²) in [6.07, 6.45) is 1.73. The minimum atomic E-state index is -0.211. The molecule has 4 rings (SSSR count). The molecule has 0 unspecified atom stereocenters. The van der Waals surface area contributed by atoms with Crippen molar-refractivity contribution in [2.75, 3.05) is 4.90 Å². The van der Waals surface area contributed by atoms with Crippen LogP contribution in [0.3, 0.4) is 0 Å². The maximum absolute atomic E-state index is 12.5. The van der Waals surface area contributed by atoms with E-state index < -0.39 is 0 Å². The molecule has 0 bridgehead atoms. The Labute approximate surface area is 201 Å². The van der Waals surface area contributed by atoms with Crippen molar-refractivity contribution in [2.24, 2.45) is 4.99 Å². The van der Waals surface area contributed by atoms with Gasteiger partial charge >= 0.3 is 0 Å². The van der Waals surface area contributed by atoms with Crippen LogP contribution in [0.5, 0.6) is 0 Å². The molecule has 1 aliphatic rings. The van der Waals surface area contributed by atoms with Crippen molar-refractivity contribution in [3.63, 3.8) is 0 Å². The molecule has 2 amide bonds. The molecule has 6 nitrogen and oxygen atoms in total. The van der Waals surface area contributed by atoms with Gasteiger partial charge in [0.05, 0.1) is 22.0 Å². The first-order valence-electron chi connectivity index (χ1n) is 10.4. The molecule has 8 heteroatoms. The fourth-order valence-electron chi connectivity index (χ4n) is 3.44. The number of aromatic nitrogens is 1. The van der Waals surface area contributed by atoms with Crippen LogP contribution in [0.1, 0.15) is 34.9 Å². The third kappa shape index (κ3) is 4.91. The molecule has 3 aromatic rings. The van der Waals surface area contributed by atoms with Crippen LogP contribution in [-0.2, 0) is 9.59 Å². The Morgan fingerprint density at radius 2 is 1.79 bits per heavy atom. The van der Waals surface area contributed by atoms with Crippen LogP contribution in [0.2, 0.25) is 0 Å². The number of amides is 2. The zero-order valence-corrected chi connectivity index (χ0v) is 20.7. The summed E-state index contributed by atoms with van der Waals surface area (Å²) in [4.78, 5) is 36.3. The summed E-state index contributed by atoms with van der Waals surface area (Å²) in [5, 5.41) is 5.77. The Hall–Kier alpha value is -3.23. The predicted octanol–water partition coefficient (Wildman–Crippen LogP) is 5.95. The second-order valence-electron chi connectivity index (χ2n) is 7.90. The highest BCUT2D eigenvalue weighted by Crippen LogP contribution is 2.33. The number of hydrogen-bond donors (Lipinski definition) is 1. The Kier molecular flexibility index (Phi) is 6.49. The van der Waals surface area contributed by atoms with Crippen LogP contribution in [0, 0.1) is 27.7 Å². The van der Waals surface area contributed by atoms with Gasteiger partial charge in [0.2, 0.25) is 5.91 Å². The normalized spacial score (nSPS) is 15.8. The first kappa shape index (κ1) is 22.9. The summed E-state index contributed by atoms with van der Waals surface area (Å²) in [5.41, 5.74) is 6.63. The number of nitrogens with zero attached hydrogens (tertiary/aromatic N) is 3. The molecule has 1 N–H and O–H groups in total. The fraction of sp³-hybridized carbons (Fsp3) is 0.200. The highest BCUT2D eigenvalue weighted by atomic mass is 32.2. The molecule has 0 saturated carbocycles. The maximum atomic E-state index is 12.5. The lowest BCUT2D eigenvalue weighted by Crippen LogP contribution is -2.22. The third-order valence-electron chi connectivity index (χ3n) is 5.35. The first-order valence-corrected chi connectivity index (χ1v) is 12.1. The maximum Gasteiger partial charge on any atom is 0.264 e. The number of hydrogen-bond acceptors (Lipinski definition) is 6. The molecule has 0 aliphatic carbocycles. The van der Waals surface area contributed by atoms with Gasteiger partial charge in [0.25, 0.3) is 5.91 Å². The SMILES string of the molecule is CC(=O)N(c1ccc(C)c(C)c1)c1nc(/C=C2\SC(=Nc3c(C)cccc3C)NC2=O)cs1. The molecular weight excluding hydrogens is 452 g/mol. The van der Waals surface area contributed by atoms with E-state index in [0.717, 1.165) is 33.6 Å². The Morgan fingerprint density at radius 1 is 1.06 bits per heavy atom. The first-order chi connectivity index (χ1) is 15.7. The number of aliphatic imine (C=N–C) groups is 1. The van der Waals surface area contributed by atoms with Gasteiger partial charge in [0.15, 0.2) is 10.3 Å². The van der Waals surface area contributed by atoms with Crippen molar-refractivity contribution in [1.29, 1.82) is 0 Å². The molecule has 0 atom stereocenters. The van der Waals surface area contributed by atoms with Gasteiger partial charge in [0, 0.05) is 12.3 Å². The van der Waals surface area contributed by atoms with Crippen LogP contribution in [-0.4, -0.2) is 22.0 Å². The average molecular weight is 477 g/mol. The number of para-hydroxylation sites is 1. The molecular formula is C25H24N4O2S2. The second kappa shape index (κ2) is 9.33. The van der Waals surface area contributed by atoms with Crippen molar-refractivity contribution >= 4 is 62.7 Å². The second-order valence-corrected chi connectivity index (χ2v) is 9.77. The van der Waals surface area contributed by atoms with Crippen LogP contribution >= 0.6 is 23.1 Å². The quantitative estimate of drug-likeness (QED) is 0.472. The van der Waals surface area contributed by atoms with Gasteiger partial charge in [-0.2, -0.15) is 0 Å². The Morgan fingerprint density at radius 3 is 2.45 bits per heavy atom. The smallest absolute Gasteiger partial charge is 0.264 e. The molecule has 168 valence electrons. The number of carbonyl (C=O) groups is 2. The number of anilines is 2. The summed E-state index contributed by atoms with van der Waals surface area (Å²) in [7, 11) is 0. The molecule has 33 heavy (non-hydrogen) atoms. The van der Waals surface area contributed by atoms with E-state index in [9.17, 15) is 9.59 Å². The monoisotopic (exact) mass is 476 g/mol. The highest BCUT2D eigenvalue weighted by Gasteiger charge is 2.25. The Balaban J connectivity index is 1.60. The number of amidine groups is 1. The van der Waals surface area contributed by atoms with Crippen molar-refractivity contribution < 1.29 is 9.59 Å². The average Bonchev–Trinajstić information content (AvgIpc) is 3.34. The van der Waals surface area contributed by atoms with E-state index in [1.165, 1.54) is 30.0 Å². The summed E-state index contributed by atoms with van der Waals surface area (Å²) in [6.45, 7) is 9.57. The largest absolute Gasteiger partial charge is 0.300 e. The molecule has 1 aromatic heterocycles. The lowest BCUT2D eigenvalue weighted by atomic mass is 10.1. The number of carbonyl (C=O) groups excluding carboxylic acids is 2. The molecule has 0 spiro atoms. The summed E-state index contributed by atoms with van der Waals surface area (Å²) in [6, 6.07) is 11.9. The highest BCUT2D eigenvalue weighted by molar-refractivity contribution is 8.18. The number of nitrogens with one attached hydrogen (secondary N) is 1. The lowest BCUT2D eigenvalue weighted by molar-refractivity contribution is -0.116. The topological polar surface area (TPSA) is 74.7 Å². The predicted molar refractivity (Wildman–Crippen MR) is 138 cm³/mol. The van der Waals surface area contributed by atoms with Crippen molar-refractivity contribution in [1.82, 2.24) is 10.3 Å². The summed E-state index contributed by atoms with van der Waals surface area (Å²) < 4.78 is 0. The van der Waals surface area contributed by atoms with Crippen LogP contribution in [0.4, 0.5) is 16.5 Å². The third-order valence-corrected chi connectivity index (χ3v) is 7.10. The Bertz CT molecular complexity index is 1300. The van der Waals surface area contributed by atoms with Crippen molar-refractivity contribution in [3.05, 3.63) is 74.6 Å². The van der Waals surface area contributed by atoms with E-state index in [-0.39, 0.29) is 11.8 Å². The zero-order chi connectivity index (χ0) is 23.7. The van der Waals surface area contributed by atoms with Crippen molar-refractivity contribution in [2.45, 2.75) is 34.6 Å². The minimum absolute atomic E-state index is 0.122. The molecule has 0 radical (unpaired) electrons. The van der Waals surface area contributed by atoms with Gasteiger partial charge in [-0.15, -0.1) is 11.3 Å². The van der Waals surface area contributed by atoms with Crippen LogP contribution in [0.15, 0.2) is 51.7 Å². The molecule has 2 heterocycles. The zero-order valence-electron chi connectivity index (χ0n) is 19.1. The van der Waals surface area contributed by atoms with Gasteiger partial charge in [-0.1, -0.05) is 24.3 Å². The minimum Gasteiger partial charge on any atom is -0.300 e. The fourth-order valence-corrected chi connectivity index (χ4v) is 5.09. The van der Waals surface area contributed by atoms with Crippen LogP contribution in [0.25, 0.3) is 6.08 Å². The number of aryl methyl sites for hydroxylation is 4. The van der Waals surface area contributed by atoms with Gasteiger partial charge in [-0.25, -0.2) is 9.98 Å². The lowest BCUT2D eigenvalue weighted by Gasteiger charge is -2.19. The number of thiazole rings is 1. The molecule has 2 aromatic carbocycles. The molecule has 1 aliphatic heterocycles. The van der Waals surface area contributed by atoms with E-state index in [1.54, 1.807) is 11.0 Å². The number of benzene rings is 2. The summed E-state index contributed by atoms with van der Waals surface area (Å²) in [5.74, 6) is -0.333. The van der Waals surface area contributed by atoms with E-state index in [1.807, 2.05) is 69.5 Å². The van der Waals surface area contributed by atoms with Crippen LogP contribution < -0.4 is 10.2 Å². The van der Waals surface area contributed by atoms with E-state index in [2.05, 4.69) is 15.3 Å². The van der Waals surface area contributed by atoms with Gasteiger partial charge < -0.3 is 5.32 Å². The molecule has 1 fully saturated rings. The van der Waals surface area contributed by atoms with E-state index >= 15 is 0 Å². The van der Waals surface area contributed by atoms with E-state index in [0.29, 0.717) is 20.9 Å². The number of thioether (sulfide) groups is 1. The molecule has 1 saturated heterocycles. The van der Waals surface area contributed by atoms with Gasteiger partial charge in [-0.3, -0.25) is 14.5 Å².